The highest BCUT2D eigenvalue weighted by Crippen LogP contribution is 2.17. The van der Waals surface area contributed by atoms with Crippen molar-refractivity contribution in [3.05, 3.63) is 0 Å². The number of carboxylic acid groups (broad SMARTS) is 2. The fourth-order valence-electron chi connectivity index (χ4n) is 1.45. The van der Waals surface area contributed by atoms with Crippen molar-refractivity contribution in [3.63, 3.8) is 0 Å². The first-order valence-corrected chi connectivity index (χ1v) is 6.15. The zero-order valence-corrected chi connectivity index (χ0v) is 11.4. The second-order valence-corrected chi connectivity index (χ2v) is 4.43. The van der Waals surface area contributed by atoms with Crippen molar-refractivity contribution in [2.45, 2.75) is 43.5 Å². The Kier molecular flexibility index (Phi) is 8.70. The number of aliphatic hydroxyl groups excluding tert-OH is 4. The maximum atomic E-state index is 10.2. The van der Waals surface area contributed by atoms with Gasteiger partial charge in [-0.3, -0.25) is 9.59 Å². The minimum absolute atomic E-state index is 0.425. The third kappa shape index (κ3) is 6.43. The largest absolute Gasteiger partial charge is 0.481 e. The van der Waals surface area contributed by atoms with Crippen LogP contribution < -0.4 is 5.73 Å². The molecule has 22 heavy (non-hydrogen) atoms. The van der Waals surface area contributed by atoms with Crippen LogP contribution in [0.2, 0.25) is 0 Å². The third-order valence-electron chi connectivity index (χ3n) is 2.75. The summed E-state index contributed by atoms with van der Waals surface area (Å²) in [6.07, 6.45) is -5.72. The highest BCUT2D eigenvalue weighted by molar-refractivity contribution is 6.32. The van der Waals surface area contributed by atoms with Crippen molar-refractivity contribution in [1.82, 2.24) is 0 Å². The van der Waals surface area contributed by atoms with Crippen molar-refractivity contribution < 1.29 is 49.8 Å². The van der Waals surface area contributed by atoms with Gasteiger partial charge in [-0.2, -0.15) is 0 Å². The van der Waals surface area contributed by atoms with Crippen molar-refractivity contribution in [2.75, 3.05) is 6.61 Å². The summed E-state index contributed by atoms with van der Waals surface area (Å²) in [5.41, 5.74) is 5.26. The number of ether oxygens (including phenoxy) is 1. The first-order valence-electron chi connectivity index (χ1n) is 6.15. The molecular weight excluding hydrogens is 306 g/mol. The van der Waals surface area contributed by atoms with Crippen LogP contribution in [0.15, 0.2) is 0 Å². The molecule has 1 aliphatic rings. The number of nitrogens with two attached hydrogens (primary N) is 1. The van der Waals surface area contributed by atoms with E-state index >= 15 is 0 Å². The van der Waals surface area contributed by atoms with Gasteiger partial charge in [-0.1, -0.05) is 0 Å². The summed E-state index contributed by atoms with van der Waals surface area (Å²) < 4.78 is 4.70. The Balaban J connectivity index is 0.000000409. The second-order valence-electron chi connectivity index (χ2n) is 4.43. The summed E-state index contributed by atoms with van der Waals surface area (Å²) in [5.74, 6) is -3.82. The van der Waals surface area contributed by atoms with Gasteiger partial charge in [0, 0.05) is 6.42 Å². The maximum absolute atomic E-state index is 10.2. The lowest BCUT2D eigenvalue weighted by Gasteiger charge is -2.38. The molecule has 1 heterocycles. The second kappa shape index (κ2) is 9.40. The highest BCUT2D eigenvalue weighted by atomic mass is 16.6. The number of hydrogen-bond acceptors (Lipinski definition) is 9. The van der Waals surface area contributed by atoms with E-state index in [0.717, 1.165) is 0 Å². The lowest BCUT2D eigenvalue weighted by atomic mass is 9.98. The van der Waals surface area contributed by atoms with E-state index in [1.807, 2.05) is 0 Å². The molecular formula is C11H19NO10. The maximum Gasteiger partial charge on any atom is 0.372 e. The molecule has 11 nitrogen and oxygen atoms in total. The molecule has 1 rings (SSSR count). The Labute approximate surface area is 124 Å². The number of ketones is 1. The zero-order chi connectivity index (χ0) is 17.4. The first kappa shape index (κ1) is 20.4. The number of carbonyl (C=O) groups excluding carboxylic acids is 1. The Morgan fingerprint density at radius 2 is 1.55 bits per heavy atom. The van der Waals surface area contributed by atoms with Crippen LogP contribution in [0.4, 0.5) is 0 Å². The standard InChI is InChI=1S/C6H13NO5.C5H6O5/c7-3-5(10)4(9)2(1-8)12-6(3)11;6-3(5(9)10)1-2-4(7)8/h2-6,8-11H,1,7H2;1-2H2,(H,7,8)(H,9,10)/t2-,3-,4-,5-,6?;/m1./s1. The molecule has 0 aromatic heterocycles. The van der Waals surface area contributed by atoms with E-state index < -0.39 is 67.8 Å². The summed E-state index contributed by atoms with van der Waals surface area (Å²) in [5, 5.41) is 52.0. The highest BCUT2D eigenvalue weighted by Gasteiger charge is 2.41. The Hall–Kier alpha value is -1.63. The average molecular weight is 325 g/mol. The van der Waals surface area contributed by atoms with E-state index in [0.29, 0.717) is 0 Å². The third-order valence-corrected chi connectivity index (χ3v) is 2.75. The number of aliphatic hydroxyl groups is 4. The van der Waals surface area contributed by atoms with Gasteiger partial charge < -0.3 is 41.1 Å². The molecule has 1 aliphatic heterocycles. The fourth-order valence-corrected chi connectivity index (χ4v) is 1.45. The summed E-state index contributed by atoms with van der Waals surface area (Å²) in [6.45, 7) is -0.470. The summed E-state index contributed by atoms with van der Waals surface area (Å²) in [7, 11) is 0. The van der Waals surface area contributed by atoms with Gasteiger partial charge in [-0.05, 0) is 0 Å². The molecule has 128 valence electrons. The molecule has 0 spiro atoms. The topological polar surface area (TPSA) is 208 Å². The number of aliphatic carboxylic acids is 2. The van der Waals surface area contributed by atoms with E-state index in [9.17, 15) is 24.6 Å². The van der Waals surface area contributed by atoms with Crippen molar-refractivity contribution in [2.24, 2.45) is 5.73 Å². The lowest BCUT2D eigenvalue weighted by Crippen LogP contribution is -2.61. The van der Waals surface area contributed by atoms with E-state index in [-0.39, 0.29) is 0 Å². The number of rotatable bonds is 5. The Morgan fingerprint density at radius 1 is 1.00 bits per heavy atom. The molecule has 8 N–H and O–H groups in total. The molecule has 11 heteroatoms. The smallest absolute Gasteiger partial charge is 0.372 e. The van der Waals surface area contributed by atoms with Crippen molar-refractivity contribution >= 4 is 17.7 Å². The van der Waals surface area contributed by atoms with Crippen LogP contribution in [0.3, 0.4) is 0 Å². The predicted molar refractivity (Wildman–Crippen MR) is 67.5 cm³/mol. The Bertz CT molecular complexity index is 396. The average Bonchev–Trinajstić information content (AvgIpc) is 2.46. The Morgan fingerprint density at radius 3 is 1.95 bits per heavy atom. The molecule has 0 radical (unpaired) electrons. The van der Waals surface area contributed by atoms with Crippen LogP contribution in [0.25, 0.3) is 0 Å². The molecule has 0 aromatic rings. The van der Waals surface area contributed by atoms with Crippen LogP contribution in [0, 0.1) is 0 Å². The number of Topliss-reactive ketones (excluding diaryl/α,β-unsaturated/α-hetero) is 1. The van der Waals surface area contributed by atoms with Crippen LogP contribution in [-0.2, 0) is 19.1 Å². The minimum atomic E-state index is -1.58. The minimum Gasteiger partial charge on any atom is -0.481 e. The van der Waals surface area contributed by atoms with Gasteiger partial charge in [0.05, 0.1) is 19.1 Å². The molecule has 0 aromatic carbocycles. The molecule has 1 unspecified atom stereocenters. The molecule has 0 aliphatic carbocycles. The molecule has 0 bridgehead atoms. The molecule has 5 atom stereocenters. The van der Waals surface area contributed by atoms with Gasteiger partial charge in [0.15, 0.2) is 6.29 Å². The van der Waals surface area contributed by atoms with Crippen LogP contribution >= 0.6 is 0 Å². The zero-order valence-electron chi connectivity index (χ0n) is 11.4. The monoisotopic (exact) mass is 325 g/mol. The SMILES string of the molecule is N[C@H]1C(O)O[C@H](CO)[C@@H](O)[C@@H]1O.O=C(O)CCC(=O)C(=O)O. The normalized spacial score (nSPS) is 30.9. The lowest BCUT2D eigenvalue weighted by molar-refractivity contribution is -0.248. The number of carbonyl (C=O) groups is 3. The summed E-state index contributed by atoms with van der Waals surface area (Å²) in [6, 6.07) is -1.04. The van der Waals surface area contributed by atoms with E-state index in [2.05, 4.69) is 0 Å². The van der Waals surface area contributed by atoms with E-state index in [4.69, 9.17) is 30.9 Å². The van der Waals surface area contributed by atoms with Crippen molar-refractivity contribution in [1.29, 1.82) is 0 Å². The van der Waals surface area contributed by atoms with Gasteiger partial charge in [-0.15, -0.1) is 0 Å². The van der Waals surface area contributed by atoms with Gasteiger partial charge in [-0.25, -0.2) is 4.79 Å². The molecule has 0 amide bonds. The van der Waals surface area contributed by atoms with E-state index in [1.165, 1.54) is 0 Å². The van der Waals surface area contributed by atoms with Gasteiger partial charge in [0.2, 0.25) is 5.78 Å². The van der Waals surface area contributed by atoms with Crippen LogP contribution in [0.5, 0.6) is 0 Å². The van der Waals surface area contributed by atoms with Gasteiger partial charge in [0.1, 0.15) is 18.3 Å². The summed E-state index contributed by atoms with van der Waals surface area (Å²) >= 11 is 0. The fraction of sp³-hybridized carbons (Fsp3) is 0.727. The van der Waals surface area contributed by atoms with Crippen LogP contribution in [0.1, 0.15) is 12.8 Å². The molecule has 0 saturated carbocycles. The van der Waals surface area contributed by atoms with Crippen LogP contribution in [-0.4, -0.2) is 85.6 Å². The first-order chi connectivity index (χ1) is 10.1. The van der Waals surface area contributed by atoms with E-state index in [1.54, 1.807) is 0 Å². The predicted octanol–water partition coefficient (Wildman–Crippen LogP) is -3.75. The molecule has 1 fully saturated rings. The van der Waals surface area contributed by atoms with Crippen molar-refractivity contribution in [3.8, 4) is 0 Å². The van der Waals surface area contributed by atoms with Gasteiger partial charge in [0.25, 0.3) is 0 Å². The number of hydrogen-bond donors (Lipinski definition) is 7. The summed E-state index contributed by atoms with van der Waals surface area (Å²) in [4.78, 5) is 29.7. The molecule has 1 saturated heterocycles. The quantitative estimate of drug-likeness (QED) is 0.244. The number of carboxylic acids is 2. The van der Waals surface area contributed by atoms with Gasteiger partial charge >= 0.3 is 11.9 Å².